The second kappa shape index (κ2) is 2.54. The van der Waals surface area contributed by atoms with E-state index in [1.807, 2.05) is 0 Å². The van der Waals surface area contributed by atoms with Gasteiger partial charge >= 0.3 is 0 Å². The molecule has 1 rings (SSSR count). The van der Waals surface area contributed by atoms with Crippen LogP contribution >= 0.6 is 0 Å². The van der Waals surface area contributed by atoms with E-state index < -0.39 is 34.7 Å². The minimum atomic E-state index is -2.21. The topological polar surface area (TPSA) is 121 Å². The maximum Gasteiger partial charge on any atom is 0.202 e. The lowest BCUT2D eigenvalue weighted by molar-refractivity contribution is -0.0696. The highest BCUT2D eigenvalue weighted by Crippen LogP contribution is 2.32. The Morgan fingerprint density at radius 1 is 1.08 bits per heavy atom. The van der Waals surface area contributed by atoms with Crippen LogP contribution in [0.5, 0.6) is 0 Å². The van der Waals surface area contributed by atoms with Crippen molar-refractivity contribution in [3.63, 3.8) is 0 Å². The van der Waals surface area contributed by atoms with Gasteiger partial charge in [0.2, 0.25) is 11.5 Å². The highest BCUT2D eigenvalue weighted by molar-refractivity contribution is 5.36. The smallest absolute Gasteiger partial charge is 0.202 e. The first-order chi connectivity index (χ1) is 5.80. The van der Waals surface area contributed by atoms with Crippen LogP contribution in [0.3, 0.4) is 0 Å². The van der Waals surface area contributed by atoms with Crippen LogP contribution in [0.1, 0.15) is 6.92 Å². The van der Waals surface area contributed by atoms with Gasteiger partial charge in [0.1, 0.15) is 0 Å². The Morgan fingerprint density at radius 3 is 2.00 bits per heavy atom. The van der Waals surface area contributed by atoms with Gasteiger partial charge in [0.25, 0.3) is 0 Å². The summed E-state index contributed by atoms with van der Waals surface area (Å²) < 4.78 is 0. The highest BCUT2D eigenvalue weighted by atomic mass is 16.4. The Morgan fingerprint density at radius 2 is 1.54 bits per heavy atom. The van der Waals surface area contributed by atoms with Crippen LogP contribution in [0.2, 0.25) is 0 Å². The van der Waals surface area contributed by atoms with Crippen molar-refractivity contribution >= 4 is 0 Å². The largest absolute Gasteiger partial charge is 0.506 e. The van der Waals surface area contributed by atoms with E-state index in [0.29, 0.717) is 0 Å². The van der Waals surface area contributed by atoms with E-state index in [-0.39, 0.29) is 0 Å². The van der Waals surface area contributed by atoms with Gasteiger partial charge in [0.05, 0.1) is 0 Å². The molecule has 1 aliphatic rings. The maximum absolute atomic E-state index is 9.35. The molecule has 0 aliphatic heterocycles. The second-order valence-corrected chi connectivity index (χ2v) is 2.98. The molecule has 6 N–H and O–H groups in total. The summed E-state index contributed by atoms with van der Waals surface area (Å²) in [6.45, 7) is 0.978. The summed E-state index contributed by atoms with van der Waals surface area (Å²) in [5, 5.41) is 54.4. The van der Waals surface area contributed by atoms with Crippen molar-refractivity contribution in [1.82, 2.24) is 0 Å². The van der Waals surface area contributed by atoms with E-state index >= 15 is 0 Å². The zero-order chi connectivity index (χ0) is 10.4. The number of hydrogen-bond acceptors (Lipinski definition) is 6. The number of hydrogen-bond donors (Lipinski definition) is 6. The van der Waals surface area contributed by atoms with Crippen LogP contribution in [0.25, 0.3) is 0 Å². The lowest BCUT2D eigenvalue weighted by Crippen LogP contribution is -2.46. The Labute approximate surface area is 73.3 Å². The SMILES string of the molecule is CC1(O)C(O)=C(O)C(O)=C(O)C1O. The molecule has 1 aliphatic carbocycles. The summed E-state index contributed by atoms with van der Waals surface area (Å²) in [7, 11) is 0. The molecule has 0 spiro atoms. The van der Waals surface area contributed by atoms with Crippen LogP contribution in [-0.4, -0.2) is 42.3 Å². The maximum atomic E-state index is 9.35. The average Bonchev–Trinajstić information content (AvgIpc) is 2.09. The number of aliphatic hydroxyl groups is 6. The van der Waals surface area contributed by atoms with Gasteiger partial charge in [-0.1, -0.05) is 0 Å². The third kappa shape index (κ3) is 1.11. The van der Waals surface area contributed by atoms with E-state index in [1.54, 1.807) is 0 Å². The van der Waals surface area contributed by atoms with E-state index in [9.17, 15) is 5.11 Å². The molecular weight excluding hydrogens is 180 g/mol. The molecule has 13 heavy (non-hydrogen) atoms. The van der Waals surface area contributed by atoms with Gasteiger partial charge in [-0.3, -0.25) is 0 Å². The van der Waals surface area contributed by atoms with Crippen molar-refractivity contribution in [2.24, 2.45) is 0 Å². The summed E-state index contributed by atoms with van der Waals surface area (Å²) >= 11 is 0. The van der Waals surface area contributed by atoms with Crippen LogP contribution in [-0.2, 0) is 0 Å². The number of aliphatic hydroxyl groups excluding tert-OH is 5. The highest BCUT2D eigenvalue weighted by Gasteiger charge is 2.46. The third-order valence-electron chi connectivity index (χ3n) is 1.96. The van der Waals surface area contributed by atoms with Crippen molar-refractivity contribution in [2.75, 3.05) is 0 Å². The molecule has 6 nitrogen and oxygen atoms in total. The lowest BCUT2D eigenvalue weighted by Gasteiger charge is -2.31. The summed E-state index contributed by atoms with van der Waals surface area (Å²) in [5.41, 5.74) is -2.21. The molecule has 0 saturated carbocycles. The molecule has 74 valence electrons. The van der Waals surface area contributed by atoms with Gasteiger partial charge in [-0.2, -0.15) is 0 Å². The molecule has 0 amide bonds. The molecule has 0 bridgehead atoms. The van der Waals surface area contributed by atoms with Gasteiger partial charge in [0, 0.05) is 0 Å². The first-order valence-corrected chi connectivity index (χ1v) is 3.45. The van der Waals surface area contributed by atoms with Crippen LogP contribution in [0.4, 0.5) is 0 Å². The monoisotopic (exact) mass is 190 g/mol. The Hall–Kier alpha value is -1.40. The van der Waals surface area contributed by atoms with E-state index in [1.165, 1.54) is 0 Å². The predicted molar refractivity (Wildman–Crippen MR) is 41.2 cm³/mol. The van der Waals surface area contributed by atoms with Crippen molar-refractivity contribution < 1.29 is 30.6 Å². The number of rotatable bonds is 0. The van der Waals surface area contributed by atoms with Crippen molar-refractivity contribution in [3.05, 3.63) is 23.0 Å². The molecule has 6 heteroatoms. The van der Waals surface area contributed by atoms with Crippen molar-refractivity contribution in [2.45, 2.75) is 18.6 Å². The van der Waals surface area contributed by atoms with E-state index in [2.05, 4.69) is 0 Å². The minimum absolute atomic E-state index is 0.978. The Kier molecular flexibility index (Phi) is 1.89. The van der Waals surface area contributed by atoms with Crippen LogP contribution in [0.15, 0.2) is 23.0 Å². The summed E-state index contributed by atoms with van der Waals surface area (Å²) in [6, 6.07) is 0. The quantitative estimate of drug-likeness (QED) is 0.313. The molecule has 2 atom stereocenters. The first-order valence-electron chi connectivity index (χ1n) is 3.45. The van der Waals surface area contributed by atoms with E-state index in [0.717, 1.165) is 6.92 Å². The second-order valence-electron chi connectivity index (χ2n) is 2.98. The average molecular weight is 190 g/mol. The molecule has 0 saturated heterocycles. The van der Waals surface area contributed by atoms with Gasteiger partial charge in [0.15, 0.2) is 23.2 Å². The van der Waals surface area contributed by atoms with Gasteiger partial charge < -0.3 is 30.6 Å². The first kappa shape index (κ1) is 9.69. The molecular formula is C7H10O6. The molecule has 0 radical (unpaired) electrons. The van der Waals surface area contributed by atoms with Crippen molar-refractivity contribution in [3.8, 4) is 0 Å². The molecule has 0 fully saturated rings. The lowest BCUT2D eigenvalue weighted by atomic mass is 9.89. The summed E-state index contributed by atoms with van der Waals surface area (Å²) in [6.07, 6.45) is -1.87. The van der Waals surface area contributed by atoms with Gasteiger partial charge in [-0.05, 0) is 6.92 Å². The Bertz CT molecular complexity index is 300. The predicted octanol–water partition coefficient (Wildman–Crippen LogP) is -0.233. The minimum Gasteiger partial charge on any atom is -0.506 e. The van der Waals surface area contributed by atoms with Gasteiger partial charge in [-0.15, -0.1) is 0 Å². The fraction of sp³-hybridized carbons (Fsp3) is 0.429. The molecule has 2 unspecified atom stereocenters. The Balaban J connectivity index is 3.32. The molecule has 0 aromatic rings. The molecule has 0 aromatic heterocycles. The third-order valence-corrected chi connectivity index (χ3v) is 1.96. The normalized spacial score (nSPS) is 35.5. The summed E-state index contributed by atoms with van der Waals surface area (Å²) in [4.78, 5) is 0. The van der Waals surface area contributed by atoms with Crippen molar-refractivity contribution in [1.29, 1.82) is 0 Å². The van der Waals surface area contributed by atoms with E-state index in [4.69, 9.17) is 25.5 Å². The zero-order valence-corrected chi connectivity index (χ0v) is 6.76. The fourth-order valence-corrected chi connectivity index (χ4v) is 0.998. The van der Waals surface area contributed by atoms with Crippen LogP contribution in [0, 0.1) is 0 Å². The standard InChI is InChI=1S/C7H10O6/c1-7(13)5(11)3(9)2(8)4(10)6(7)12/h5,8-13H,1H3. The van der Waals surface area contributed by atoms with Crippen LogP contribution < -0.4 is 0 Å². The fourth-order valence-electron chi connectivity index (χ4n) is 0.998. The zero-order valence-electron chi connectivity index (χ0n) is 6.76. The molecule has 0 heterocycles. The van der Waals surface area contributed by atoms with Gasteiger partial charge in [-0.25, -0.2) is 0 Å². The summed E-state index contributed by atoms with van der Waals surface area (Å²) in [5.74, 6) is -4.07. The molecule has 0 aromatic carbocycles.